The zero-order valence-corrected chi connectivity index (χ0v) is 10.6. The fraction of sp³-hybridized carbons (Fsp3) is 0. The third kappa shape index (κ3) is 2.73. The number of hydrogen-bond donors (Lipinski definition) is 1. The molecule has 0 unspecified atom stereocenters. The molecule has 0 saturated carbocycles. The second-order valence-electron chi connectivity index (χ2n) is 3.56. The fourth-order valence-corrected chi connectivity index (χ4v) is 1.82. The average Bonchev–Trinajstić information content (AvgIpc) is 2.36. The monoisotopic (exact) mass is 280 g/mol. The maximum atomic E-state index is 13.0. The van der Waals surface area contributed by atoms with Crippen LogP contribution in [0.2, 0.25) is 10.0 Å². The van der Waals surface area contributed by atoms with Crippen LogP contribution in [0.5, 0.6) is 0 Å². The Morgan fingerprint density at radius 1 is 1.06 bits per heavy atom. The number of halogens is 3. The highest BCUT2D eigenvalue weighted by Gasteiger charge is 2.04. The Bertz CT molecular complexity index is 635. The molecule has 0 saturated heterocycles. The number of nitrogens with zero attached hydrogens (tertiary/aromatic N) is 1. The highest BCUT2D eigenvalue weighted by Crippen LogP contribution is 2.28. The van der Waals surface area contributed by atoms with Gasteiger partial charge in [-0.25, -0.2) is 4.39 Å². The maximum Gasteiger partial charge on any atom is 0.141 e. The summed E-state index contributed by atoms with van der Waals surface area (Å²) in [6.45, 7) is 0. The first-order chi connectivity index (χ1) is 8.60. The van der Waals surface area contributed by atoms with Gasteiger partial charge in [0.2, 0.25) is 0 Å². The first-order valence-corrected chi connectivity index (χ1v) is 5.77. The van der Waals surface area contributed by atoms with E-state index < -0.39 is 5.82 Å². The third-order valence-corrected chi connectivity index (χ3v) is 2.90. The van der Waals surface area contributed by atoms with E-state index in [2.05, 4.69) is 5.32 Å². The van der Waals surface area contributed by atoms with E-state index in [1.165, 1.54) is 12.1 Å². The SMILES string of the molecule is N#Cc1ccc(Nc2ccc(F)c(Cl)c2)c(Cl)c1. The smallest absolute Gasteiger partial charge is 0.141 e. The summed E-state index contributed by atoms with van der Waals surface area (Å²) in [5, 5.41) is 12.2. The minimum Gasteiger partial charge on any atom is -0.354 e. The second kappa shape index (κ2) is 5.26. The zero-order valence-electron chi connectivity index (χ0n) is 9.05. The molecule has 0 aliphatic heterocycles. The molecule has 90 valence electrons. The number of benzene rings is 2. The lowest BCUT2D eigenvalue weighted by Gasteiger charge is -2.09. The zero-order chi connectivity index (χ0) is 13.1. The van der Waals surface area contributed by atoms with Crippen molar-refractivity contribution < 1.29 is 4.39 Å². The second-order valence-corrected chi connectivity index (χ2v) is 4.37. The van der Waals surface area contributed by atoms with Gasteiger partial charge in [0.15, 0.2) is 0 Å². The first kappa shape index (κ1) is 12.7. The summed E-state index contributed by atoms with van der Waals surface area (Å²) in [5.41, 5.74) is 1.72. The van der Waals surface area contributed by atoms with Crippen LogP contribution in [0.1, 0.15) is 5.56 Å². The van der Waals surface area contributed by atoms with E-state index in [9.17, 15) is 4.39 Å². The molecule has 0 atom stereocenters. The molecule has 2 aromatic rings. The van der Waals surface area contributed by atoms with E-state index >= 15 is 0 Å². The van der Waals surface area contributed by atoms with E-state index in [1.54, 1.807) is 24.3 Å². The lowest BCUT2D eigenvalue weighted by molar-refractivity contribution is 0.628. The molecular weight excluding hydrogens is 274 g/mol. The molecule has 5 heteroatoms. The van der Waals surface area contributed by atoms with E-state index in [1.807, 2.05) is 6.07 Å². The van der Waals surface area contributed by atoms with Crippen LogP contribution in [0.25, 0.3) is 0 Å². The van der Waals surface area contributed by atoms with Gasteiger partial charge in [-0.2, -0.15) is 5.26 Å². The lowest BCUT2D eigenvalue weighted by Crippen LogP contribution is -1.92. The topological polar surface area (TPSA) is 35.8 Å². The molecule has 2 rings (SSSR count). The number of nitrogens with one attached hydrogen (secondary N) is 1. The molecular formula is C13H7Cl2FN2. The van der Waals surface area contributed by atoms with Crippen molar-refractivity contribution in [3.63, 3.8) is 0 Å². The Balaban J connectivity index is 2.29. The van der Waals surface area contributed by atoms with E-state index in [-0.39, 0.29) is 5.02 Å². The number of nitriles is 1. The molecule has 0 spiro atoms. The molecule has 0 amide bonds. The summed E-state index contributed by atoms with van der Waals surface area (Å²) >= 11 is 11.7. The summed E-state index contributed by atoms with van der Waals surface area (Å²) in [4.78, 5) is 0. The minimum absolute atomic E-state index is 0.0322. The molecule has 1 N–H and O–H groups in total. The first-order valence-electron chi connectivity index (χ1n) is 5.02. The van der Waals surface area contributed by atoms with Crippen LogP contribution < -0.4 is 5.32 Å². The Morgan fingerprint density at radius 2 is 1.83 bits per heavy atom. The largest absolute Gasteiger partial charge is 0.354 e. The van der Waals surface area contributed by atoms with Crippen molar-refractivity contribution in [2.45, 2.75) is 0 Å². The van der Waals surface area contributed by atoms with Crippen LogP contribution in [0, 0.1) is 17.1 Å². The van der Waals surface area contributed by atoms with E-state index in [0.717, 1.165) is 0 Å². The van der Waals surface area contributed by atoms with Crippen LogP contribution in [0.4, 0.5) is 15.8 Å². The van der Waals surface area contributed by atoms with E-state index in [4.69, 9.17) is 28.5 Å². The number of rotatable bonds is 2. The van der Waals surface area contributed by atoms with Crippen molar-refractivity contribution in [1.82, 2.24) is 0 Å². The summed E-state index contributed by atoms with van der Waals surface area (Å²) in [7, 11) is 0. The third-order valence-electron chi connectivity index (χ3n) is 2.30. The molecule has 0 radical (unpaired) electrons. The van der Waals surface area contributed by atoms with E-state index in [0.29, 0.717) is 22.0 Å². The average molecular weight is 281 g/mol. The maximum absolute atomic E-state index is 13.0. The quantitative estimate of drug-likeness (QED) is 0.862. The van der Waals surface area contributed by atoms with Crippen molar-refractivity contribution in [2.24, 2.45) is 0 Å². The van der Waals surface area contributed by atoms with Crippen molar-refractivity contribution >= 4 is 34.6 Å². The van der Waals surface area contributed by atoms with Gasteiger partial charge in [-0.15, -0.1) is 0 Å². The molecule has 18 heavy (non-hydrogen) atoms. The molecule has 2 aromatic carbocycles. The van der Waals surface area contributed by atoms with Gasteiger partial charge in [0.1, 0.15) is 5.82 Å². The number of anilines is 2. The van der Waals surface area contributed by atoms with Crippen LogP contribution in [0.3, 0.4) is 0 Å². The molecule has 2 nitrogen and oxygen atoms in total. The van der Waals surface area contributed by atoms with Crippen molar-refractivity contribution in [3.8, 4) is 6.07 Å². The summed E-state index contributed by atoms with van der Waals surface area (Å²) < 4.78 is 13.0. The Morgan fingerprint density at radius 3 is 2.44 bits per heavy atom. The van der Waals surface area contributed by atoms with Gasteiger partial charge < -0.3 is 5.32 Å². The highest BCUT2D eigenvalue weighted by molar-refractivity contribution is 6.33. The van der Waals surface area contributed by atoms with Gasteiger partial charge >= 0.3 is 0 Å². The number of hydrogen-bond acceptors (Lipinski definition) is 2. The van der Waals surface area contributed by atoms with Crippen LogP contribution >= 0.6 is 23.2 Å². The molecule has 0 heterocycles. The normalized spacial score (nSPS) is 9.89. The summed E-state index contributed by atoms with van der Waals surface area (Å²) in [6.07, 6.45) is 0. The van der Waals surface area contributed by atoms with Crippen molar-refractivity contribution in [2.75, 3.05) is 5.32 Å². The molecule has 0 bridgehead atoms. The van der Waals surface area contributed by atoms with Gasteiger partial charge in [0, 0.05) is 5.69 Å². The standard InChI is InChI=1S/C13H7Cl2FN2/c14-10-6-9(2-3-12(10)16)18-13-4-1-8(7-17)5-11(13)15/h1-6,18H. The van der Waals surface area contributed by atoms with Crippen molar-refractivity contribution in [3.05, 3.63) is 57.8 Å². The van der Waals surface area contributed by atoms with Crippen LogP contribution in [-0.4, -0.2) is 0 Å². The Kier molecular flexibility index (Phi) is 3.71. The van der Waals surface area contributed by atoms with Gasteiger partial charge in [-0.05, 0) is 36.4 Å². The molecule has 0 aliphatic carbocycles. The Labute approximate surface area is 114 Å². The van der Waals surface area contributed by atoms with Crippen LogP contribution in [0.15, 0.2) is 36.4 Å². The highest BCUT2D eigenvalue weighted by atomic mass is 35.5. The minimum atomic E-state index is -0.479. The van der Waals surface area contributed by atoms with Gasteiger partial charge in [0.25, 0.3) is 0 Å². The predicted molar refractivity (Wildman–Crippen MR) is 70.9 cm³/mol. The molecule has 0 aliphatic rings. The summed E-state index contributed by atoms with van der Waals surface area (Å²) in [6, 6.07) is 11.1. The lowest BCUT2D eigenvalue weighted by atomic mass is 10.2. The molecule has 0 fully saturated rings. The van der Waals surface area contributed by atoms with Gasteiger partial charge in [-0.1, -0.05) is 23.2 Å². The van der Waals surface area contributed by atoms with Gasteiger partial charge in [0.05, 0.1) is 27.4 Å². The predicted octanol–water partition coefficient (Wildman–Crippen LogP) is 4.75. The Hall–Kier alpha value is -1.76. The van der Waals surface area contributed by atoms with Crippen LogP contribution in [-0.2, 0) is 0 Å². The molecule has 0 aromatic heterocycles. The van der Waals surface area contributed by atoms with Crippen molar-refractivity contribution in [1.29, 1.82) is 5.26 Å². The fourth-order valence-electron chi connectivity index (χ4n) is 1.42. The summed E-state index contributed by atoms with van der Waals surface area (Å²) in [5.74, 6) is -0.479. The van der Waals surface area contributed by atoms with Gasteiger partial charge in [-0.3, -0.25) is 0 Å².